The van der Waals surface area contributed by atoms with Crippen LogP contribution in [-0.4, -0.2) is 13.1 Å². The summed E-state index contributed by atoms with van der Waals surface area (Å²) in [6.07, 6.45) is 18.4. The van der Waals surface area contributed by atoms with E-state index in [0.29, 0.717) is 0 Å². The van der Waals surface area contributed by atoms with Crippen molar-refractivity contribution >= 4 is 0 Å². The average Bonchev–Trinajstić information content (AvgIpc) is 2.46. The zero-order valence-corrected chi connectivity index (χ0v) is 14.8. The first-order valence-corrected chi connectivity index (χ1v) is 9.43. The zero-order chi connectivity index (χ0) is 15.1. The maximum Gasteiger partial charge on any atom is 0.00896 e. The second-order valence-electron chi connectivity index (χ2n) is 6.63. The molecule has 0 spiro atoms. The van der Waals surface area contributed by atoms with Gasteiger partial charge in [-0.1, -0.05) is 91.4 Å². The average molecular weight is 284 g/mol. The van der Waals surface area contributed by atoms with E-state index in [4.69, 9.17) is 0 Å². The second kappa shape index (κ2) is 15.4. The summed E-state index contributed by atoms with van der Waals surface area (Å²) >= 11 is 0. The molecule has 1 nitrogen and oxygen atoms in total. The molecule has 0 bridgehead atoms. The maximum atomic E-state index is 3.55. The van der Waals surface area contributed by atoms with Crippen LogP contribution in [-0.2, 0) is 0 Å². The van der Waals surface area contributed by atoms with Gasteiger partial charge in [-0.15, -0.1) is 0 Å². The molecule has 1 heteroatoms. The van der Waals surface area contributed by atoms with Crippen molar-refractivity contribution in [2.24, 2.45) is 5.92 Å². The third kappa shape index (κ3) is 11.8. The van der Waals surface area contributed by atoms with E-state index in [1.807, 2.05) is 0 Å². The summed E-state index contributed by atoms with van der Waals surface area (Å²) in [7, 11) is 2.15. The molecule has 0 heterocycles. The van der Waals surface area contributed by atoms with Crippen LogP contribution in [0.15, 0.2) is 0 Å². The van der Waals surface area contributed by atoms with Crippen LogP contribution < -0.4 is 5.32 Å². The molecule has 0 aromatic heterocycles. The largest absolute Gasteiger partial charge is 0.317 e. The van der Waals surface area contributed by atoms with E-state index in [9.17, 15) is 0 Å². The van der Waals surface area contributed by atoms with Crippen molar-refractivity contribution in [1.29, 1.82) is 0 Å². The summed E-state index contributed by atoms with van der Waals surface area (Å²) in [5, 5.41) is 3.55. The van der Waals surface area contributed by atoms with Gasteiger partial charge in [0.05, 0.1) is 0 Å². The quantitative estimate of drug-likeness (QED) is 0.347. The van der Waals surface area contributed by atoms with Gasteiger partial charge < -0.3 is 5.32 Å². The molecular weight excluding hydrogens is 242 g/mol. The Kier molecular flexibility index (Phi) is 15.3. The van der Waals surface area contributed by atoms with Crippen LogP contribution in [0.3, 0.4) is 0 Å². The zero-order valence-electron chi connectivity index (χ0n) is 14.8. The van der Waals surface area contributed by atoms with Crippen molar-refractivity contribution in [1.82, 2.24) is 5.32 Å². The van der Waals surface area contributed by atoms with Crippen molar-refractivity contribution in [3.63, 3.8) is 0 Å². The maximum absolute atomic E-state index is 3.55. The SMILES string of the molecule is CCCCCCCCCC(NC)C(C)CCCCCC. The third-order valence-corrected chi connectivity index (χ3v) is 4.69. The third-order valence-electron chi connectivity index (χ3n) is 4.69. The van der Waals surface area contributed by atoms with Gasteiger partial charge >= 0.3 is 0 Å². The van der Waals surface area contributed by atoms with Crippen LogP contribution in [0.2, 0.25) is 0 Å². The highest BCUT2D eigenvalue weighted by Gasteiger charge is 2.14. The minimum absolute atomic E-state index is 0.743. The molecule has 0 aromatic rings. The Balaban J connectivity index is 3.53. The summed E-state index contributed by atoms with van der Waals surface area (Å²) < 4.78 is 0. The van der Waals surface area contributed by atoms with Crippen LogP contribution >= 0.6 is 0 Å². The molecule has 122 valence electrons. The smallest absolute Gasteiger partial charge is 0.00896 e. The van der Waals surface area contributed by atoms with Crippen molar-refractivity contribution in [2.45, 2.75) is 110 Å². The Morgan fingerprint density at radius 2 is 1.10 bits per heavy atom. The van der Waals surface area contributed by atoms with E-state index < -0.39 is 0 Å². The fraction of sp³-hybridized carbons (Fsp3) is 1.00. The lowest BCUT2D eigenvalue weighted by Gasteiger charge is -2.23. The van der Waals surface area contributed by atoms with Crippen molar-refractivity contribution in [2.75, 3.05) is 7.05 Å². The van der Waals surface area contributed by atoms with Crippen LogP contribution in [0.1, 0.15) is 104 Å². The molecule has 0 fully saturated rings. The molecule has 1 N–H and O–H groups in total. The highest BCUT2D eigenvalue weighted by molar-refractivity contribution is 4.72. The number of rotatable bonds is 15. The highest BCUT2D eigenvalue weighted by Crippen LogP contribution is 2.19. The fourth-order valence-electron chi connectivity index (χ4n) is 3.13. The molecule has 2 unspecified atom stereocenters. The van der Waals surface area contributed by atoms with Crippen LogP contribution in [0.4, 0.5) is 0 Å². The molecular formula is C19H41N. The van der Waals surface area contributed by atoms with Crippen molar-refractivity contribution < 1.29 is 0 Å². The first kappa shape index (κ1) is 20.0. The second-order valence-corrected chi connectivity index (χ2v) is 6.63. The van der Waals surface area contributed by atoms with Crippen LogP contribution in [0, 0.1) is 5.92 Å². The molecule has 0 saturated carbocycles. The van der Waals surface area contributed by atoms with Gasteiger partial charge in [-0.05, 0) is 25.8 Å². The van der Waals surface area contributed by atoms with Gasteiger partial charge in [-0.2, -0.15) is 0 Å². The topological polar surface area (TPSA) is 12.0 Å². The lowest BCUT2D eigenvalue weighted by molar-refractivity contribution is 0.337. The first-order valence-electron chi connectivity index (χ1n) is 9.43. The summed E-state index contributed by atoms with van der Waals surface area (Å²) in [4.78, 5) is 0. The molecule has 0 aromatic carbocycles. The van der Waals surface area contributed by atoms with E-state index in [-0.39, 0.29) is 0 Å². The minimum Gasteiger partial charge on any atom is -0.317 e. The number of nitrogens with one attached hydrogen (secondary N) is 1. The van der Waals surface area contributed by atoms with Gasteiger partial charge in [-0.25, -0.2) is 0 Å². The van der Waals surface area contributed by atoms with Crippen molar-refractivity contribution in [3.8, 4) is 0 Å². The highest BCUT2D eigenvalue weighted by atomic mass is 14.9. The Morgan fingerprint density at radius 1 is 0.650 bits per heavy atom. The first-order chi connectivity index (χ1) is 9.76. The molecule has 0 amide bonds. The van der Waals surface area contributed by atoms with E-state index in [1.54, 1.807) is 0 Å². The predicted octanol–water partition coefficient (Wildman–Crippen LogP) is 6.32. The molecule has 0 aliphatic rings. The lowest BCUT2D eigenvalue weighted by atomic mass is 9.91. The summed E-state index contributed by atoms with van der Waals surface area (Å²) in [6, 6.07) is 0.743. The molecule has 2 atom stereocenters. The van der Waals surface area contributed by atoms with Gasteiger partial charge in [0, 0.05) is 6.04 Å². The van der Waals surface area contributed by atoms with E-state index >= 15 is 0 Å². The van der Waals surface area contributed by atoms with Gasteiger partial charge in [0.15, 0.2) is 0 Å². The van der Waals surface area contributed by atoms with Gasteiger partial charge in [0.1, 0.15) is 0 Å². The Labute approximate surface area is 129 Å². The van der Waals surface area contributed by atoms with Gasteiger partial charge in [0.25, 0.3) is 0 Å². The molecule has 0 saturated heterocycles. The predicted molar refractivity (Wildman–Crippen MR) is 93.4 cm³/mol. The van der Waals surface area contributed by atoms with Crippen LogP contribution in [0.5, 0.6) is 0 Å². The van der Waals surface area contributed by atoms with Gasteiger partial charge in [-0.3, -0.25) is 0 Å². The normalized spacial score (nSPS) is 14.4. The molecule has 0 rings (SSSR count). The standard InChI is InChI=1S/C19H41N/c1-5-7-9-11-12-13-15-17-19(20-4)18(3)16-14-10-8-6-2/h18-20H,5-17H2,1-4H3. The minimum atomic E-state index is 0.743. The Morgan fingerprint density at radius 3 is 1.65 bits per heavy atom. The van der Waals surface area contributed by atoms with Crippen LogP contribution in [0.25, 0.3) is 0 Å². The number of hydrogen-bond donors (Lipinski definition) is 1. The molecule has 0 aliphatic carbocycles. The summed E-state index contributed by atoms with van der Waals surface area (Å²) in [5.74, 6) is 0.844. The summed E-state index contributed by atoms with van der Waals surface area (Å²) in [5.41, 5.74) is 0. The monoisotopic (exact) mass is 283 g/mol. The lowest BCUT2D eigenvalue weighted by Crippen LogP contribution is -2.32. The van der Waals surface area contributed by atoms with E-state index in [2.05, 4.69) is 33.1 Å². The van der Waals surface area contributed by atoms with Crippen molar-refractivity contribution in [3.05, 3.63) is 0 Å². The Hall–Kier alpha value is -0.0400. The Bertz CT molecular complexity index is 179. The molecule has 0 aliphatic heterocycles. The fourth-order valence-corrected chi connectivity index (χ4v) is 3.13. The van der Waals surface area contributed by atoms with Gasteiger partial charge in [0.2, 0.25) is 0 Å². The molecule has 20 heavy (non-hydrogen) atoms. The van der Waals surface area contributed by atoms with E-state index in [0.717, 1.165) is 12.0 Å². The summed E-state index contributed by atoms with van der Waals surface area (Å²) in [6.45, 7) is 7.02. The number of hydrogen-bond acceptors (Lipinski definition) is 1. The number of unbranched alkanes of at least 4 members (excludes halogenated alkanes) is 9. The molecule has 0 radical (unpaired) electrons. The van der Waals surface area contributed by atoms with E-state index in [1.165, 1.54) is 83.5 Å².